The molecule has 126 valence electrons. The minimum absolute atomic E-state index is 0.0429. The van der Waals surface area contributed by atoms with Crippen LogP contribution in [0.5, 0.6) is 0 Å². The number of hydrogen-bond donors (Lipinski definition) is 2. The van der Waals surface area contributed by atoms with Crippen LogP contribution in [-0.4, -0.2) is 11.8 Å². The minimum atomic E-state index is -0.0880. The number of anilines is 2. The lowest BCUT2D eigenvalue weighted by atomic mass is 9.97. The van der Waals surface area contributed by atoms with E-state index in [4.69, 9.17) is 0 Å². The molecule has 1 atom stereocenters. The zero-order valence-corrected chi connectivity index (χ0v) is 14.4. The van der Waals surface area contributed by atoms with Gasteiger partial charge in [-0.3, -0.25) is 9.59 Å². The molecule has 4 heteroatoms. The Bertz CT molecular complexity index is 696. The van der Waals surface area contributed by atoms with E-state index in [2.05, 4.69) is 10.6 Å². The summed E-state index contributed by atoms with van der Waals surface area (Å²) >= 11 is 0. The van der Waals surface area contributed by atoms with E-state index in [-0.39, 0.29) is 23.7 Å². The van der Waals surface area contributed by atoms with E-state index in [1.807, 2.05) is 69.3 Å². The molecule has 0 heterocycles. The van der Waals surface area contributed by atoms with E-state index >= 15 is 0 Å². The van der Waals surface area contributed by atoms with Gasteiger partial charge in [0, 0.05) is 23.7 Å². The normalized spacial score (nSPS) is 11.8. The molecule has 0 aliphatic heterocycles. The first-order valence-electron chi connectivity index (χ1n) is 8.21. The zero-order valence-electron chi connectivity index (χ0n) is 14.4. The molecule has 4 nitrogen and oxygen atoms in total. The fourth-order valence-corrected chi connectivity index (χ4v) is 2.35. The highest BCUT2D eigenvalue weighted by molar-refractivity contribution is 5.94. The Hall–Kier alpha value is -2.62. The summed E-state index contributed by atoms with van der Waals surface area (Å²) in [6.07, 6.45) is 0.409. The highest BCUT2D eigenvalue weighted by Gasteiger charge is 2.12. The predicted octanol–water partition coefficient (Wildman–Crippen LogP) is 4.41. The van der Waals surface area contributed by atoms with Gasteiger partial charge in [-0.15, -0.1) is 0 Å². The van der Waals surface area contributed by atoms with Gasteiger partial charge in [0.25, 0.3) is 0 Å². The third-order valence-electron chi connectivity index (χ3n) is 3.80. The van der Waals surface area contributed by atoms with Crippen molar-refractivity contribution in [2.24, 2.45) is 5.92 Å². The maximum Gasteiger partial charge on any atom is 0.226 e. The van der Waals surface area contributed by atoms with Crippen LogP contribution in [0.4, 0.5) is 11.4 Å². The molecule has 2 aromatic rings. The van der Waals surface area contributed by atoms with Crippen LogP contribution in [-0.2, 0) is 9.59 Å². The van der Waals surface area contributed by atoms with E-state index < -0.39 is 0 Å². The second-order valence-corrected chi connectivity index (χ2v) is 6.29. The van der Waals surface area contributed by atoms with E-state index in [1.165, 1.54) is 0 Å². The standard InChI is InChI=1S/C20H24N2O2/c1-14(2)20(24)22-18-11-7-10-17(13-18)21-19(23)12-15(3)16-8-5-4-6-9-16/h4-11,13-15H,12H2,1-3H3,(H,21,23)(H,22,24). The monoisotopic (exact) mass is 324 g/mol. The molecule has 0 fully saturated rings. The second-order valence-electron chi connectivity index (χ2n) is 6.29. The molecule has 1 unspecified atom stereocenters. The average Bonchev–Trinajstić information content (AvgIpc) is 2.55. The molecule has 2 aromatic carbocycles. The minimum Gasteiger partial charge on any atom is -0.326 e. The zero-order chi connectivity index (χ0) is 17.5. The average molecular weight is 324 g/mol. The van der Waals surface area contributed by atoms with Crippen molar-refractivity contribution in [2.45, 2.75) is 33.1 Å². The highest BCUT2D eigenvalue weighted by atomic mass is 16.2. The van der Waals surface area contributed by atoms with Crippen molar-refractivity contribution in [2.75, 3.05) is 10.6 Å². The molecule has 0 aliphatic rings. The van der Waals surface area contributed by atoms with Crippen LogP contribution in [0.1, 0.15) is 38.7 Å². The number of rotatable bonds is 6. The number of nitrogens with one attached hydrogen (secondary N) is 2. The third kappa shape index (κ3) is 5.23. The van der Waals surface area contributed by atoms with Gasteiger partial charge in [0.05, 0.1) is 0 Å². The molecule has 2 rings (SSSR count). The lowest BCUT2D eigenvalue weighted by molar-refractivity contribution is -0.119. The van der Waals surface area contributed by atoms with Crippen molar-refractivity contribution in [3.63, 3.8) is 0 Å². The summed E-state index contributed by atoms with van der Waals surface area (Å²) in [6.45, 7) is 5.71. The summed E-state index contributed by atoms with van der Waals surface area (Å²) in [5.74, 6) is -0.0279. The van der Waals surface area contributed by atoms with Gasteiger partial charge in [-0.25, -0.2) is 0 Å². The third-order valence-corrected chi connectivity index (χ3v) is 3.80. The lowest BCUT2D eigenvalue weighted by Gasteiger charge is -2.13. The molecule has 0 aromatic heterocycles. The van der Waals surface area contributed by atoms with Gasteiger partial charge >= 0.3 is 0 Å². The second kappa shape index (κ2) is 8.29. The number of amides is 2. The summed E-state index contributed by atoms with van der Waals surface area (Å²) in [5.41, 5.74) is 2.51. The molecule has 24 heavy (non-hydrogen) atoms. The number of hydrogen-bond acceptors (Lipinski definition) is 2. The van der Waals surface area contributed by atoms with Crippen molar-refractivity contribution in [1.29, 1.82) is 0 Å². The number of carbonyl (C=O) groups excluding carboxylic acids is 2. The summed E-state index contributed by atoms with van der Waals surface area (Å²) < 4.78 is 0. The molecule has 0 spiro atoms. The van der Waals surface area contributed by atoms with E-state index in [9.17, 15) is 9.59 Å². The molecule has 0 saturated heterocycles. The van der Waals surface area contributed by atoms with Crippen LogP contribution >= 0.6 is 0 Å². The van der Waals surface area contributed by atoms with Gasteiger partial charge in [-0.1, -0.05) is 57.2 Å². The first-order valence-corrected chi connectivity index (χ1v) is 8.21. The maximum absolute atomic E-state index is 12.2. The van der Waals surface area contributed by atoms with Gasteiger partial charge in [-0.05, 0) is 29.7 Å². The van der Waals surface area contributed by atoms with Gasteiger partial charge in [0.15, 0.2) is 0 Å². The molecular formula is C20H24N2O2. The van der Waals surface area contributed by atoms with Gasteiger partial charge in [-0.2, -0.15) is 0 Å². The summed E-state index contributed by atoms with van der Waals surface area (Å²) in [5, 5.41) is 5.73. The summed E-state index contributed by atoms with van der Waals surface area (Å²) in [4.78, 5) is 24.0. The SMILES string of the molecule is CC(C)C(=O)Nc1cccc(NC(=O)CC(C)c2ccccc2)c1. The van der Waals surface area contributed by atoms with Gasteiger partial charge in [0.2, 0.25) is 11.8 Å². The van der Waals surface area contributed by atoms with Crippen molar-refractivity contribution < 1.29 is 9.59 Å². The van der Waals surface area contributed by atoms with Crippen molar-refractivity contribution in [3.05, 3.63) is 60.2 Å². The van der Waals surface area contributed by atoms with Crippen molar-refractivity contribution in [3.8, 4) is 0 Å². The van der Waals surface area contributed by atoms with E-state index in [0.29, 0.717) is 17.8 Å². The quantitative estimate of drug-likeness (QED) is 0.826. The van der Waals surface area contributed by atoms with Crippen LogP contribution in [0.25, 0.3) is 0 Å². The topological polar surface area (TPSA) is 58.2 Å². The fraction of sp³-hybridized carbons (Fsp3) is 0.300. The summed E-state index contributed by atoms with van der Waals surface area (Å²) in [6, 6.07) is 17.2. The van der Waals surface area contributed by atoms with E-state index in [0.717, 1.165) is 5.56 Å². The van der Waals surface area contributed by atoms with Crippen molar-refractivity contribution >= 4 is 23.2 Å². The van der Waals surface area contributed by atoms with Crippen molar-refractivity contribution in [1.82, 2.24) is 0 Å². The van der Waals surface area contributed by atoms with Gasteiger partial charge in [0.1, 0.15) is 0 Å². The highest BCUT2D eigenvalue weighted by Crippen LogP contribution is 2.20. The molecule has 0 saturated carbocycles. The Kier molecular flexibility index (Phi) is 6.13. The first kappa shape index (κ1) is 17.7. The summed E-state index contributed by atoms with van der Waals surface area (Å²) in [7, 11) is 0. The molecule has 2 N–H and O–H groups in total. The smallest absolute Gasteiger partial charge is 0.226 e. The lowest BCUT2D eigenvalue weighted by Crippen LogP contribution is -2.18. The first-order chi connectivity index (χ1) is 11.5. The van der Waals surface area contributed by atoms with Crippen LogP contribution < -0.4 is 10.6 Å². The maximum atomic E-state index is 12.2. The Morgan fingerprint density at radius 1 is 0.875 bits per heavy atom. The number of carbonyl (C=O) groups is 2. The Morgan fingerprint density at radius 2 is 1.50 bits per heavy atom. The Morgan fingerprint density at radius 3 is 2.12 bits per heavy atom. The van der Waals surface area contributed by atoms with Crippen LogP contribution in [0, 0.1) is 5.92 Å². The Labute approximate surface area is 143 Å². The molecule has 2 amide bonds. The largest absolute Gasteiger partial charge is 0.326 e. The van der Waals surface area contributed by atoms with Gasteiger partial charge < -0.3 is 10.6 Å². The van der Waals surface area contributed by atoms with Crippen LogP contribution in [0.3, 0.4) is 0 Å². The fourth-order valence-electron chi connectivity index (χ4n) is 2.35. The molecule has 0 bridgehead atoms. The number of benzene rings is 2. The van der Waals surface area contributed by atoms with Crippen LogP contribution in [0.15, 0.2) is 54.6 Å². The molecule has 0 radical (unpaired) electrons. The predicted molar refractivity (Wildman–Crippen MR) is 98.0 cm³/mol. The molecular weight excluding hydrogens is 300 g/mol. The Balaban J connectivity index is 1.95. The van der Waals surface area contributed by atoms with Crippen LogP contribution in [0.2, 0.25) is 0 Å². The van der Waals surface area contributed by atoms with E-state index in [1.54, 1.807) is 6.07 Å². The molecule has 0 aliphatic carbocycles.